The van der Waals surface area contributed by atoms with Gasteiger partial charge in [-0.3, -0.25) is 0 Å². The normalized spacial score (nSPS) is 8.40. The van der Waals surface area contributed by atoms with Gasteiger partial charge in [0.25, 0.3) is 0 Å². The van der Waals surface area contributed by atoms with Crippen LogP contribution < -0.4 is 0 Å². The monoisotopic (exact) mass is 513 g/mol. The Bertz CT molecular complexity index is 294. The predicted octanol–water partition coefficient (Wildman–Crippen LogP) is 3.10. The molecule has 0 saturated heterocycles. The number of hydrogen-bond acceptors (Lipinski definition) is 6. The standard InChI is InChI=1S/3C5H11NS2.Ga/c3*1-3-6(4-2)5(7)8;/h3*3-4H2,1-2H3,(H,7,8);/q;;;+3/p-3. The Morgan fingerprint density at radius 3 is 0.640 bits per heavy atom. The van der Waals surface area contributed by atoms with Crippen LogP contribution >= 0.6 is 36.7 Å². The van der Waals surface area contributed by atoms with Gasteiger partial charge in [0.05, 0.1) is 0 Å². The van der Waals surface area contributed by atoms with E-state index in [4.69, 9.17) is 74.5 Å². The van der Waals surface area contributed by atoms with Crippen molar-refractivity contribution in [3.63, 3.8) is 0 Å². The minimum Gasteiger partial charge on any atom is -0.411 e. The van der Waals surface area contributed by atoms with Crippen LogP contribution in [-0.4, -0.2) is 86.7 Å². The van der Waals surface area contributed by atoms with Gasteiger partial charge in [0.2, 0.25) is 0 Å². The fourth-order valence-corrected chi connectivity index (χ4v) is 2.99. The zero-order valence-corrected chi connectivity index (χ0v) is 23.4. The molecule has 0 radical (unpaired) electrons. The summed E-state index contributed by atoms with van der Waals surface area (Å²) in [4.78, 5) is 5.89. The van der Waals surface area contributed by atoms with Crippen molar-refractivity contribution >= 4 is 107 Å². The fraction of sp³-hybridized carbons (Fsp3) is 0.800. The van der Waals surface area contributed by atoms with E-state index in [1.165, 1.54) is 0 Å². The van der Waals surface area contributed by atoms with E-state index >= 15 is 0 Å². The van der Waals surface area contributed by atoms with Crippen LogP contribution in [0, 0.1) is 0 Å². The largest absolute Gasteiger partial charge is 3.00 e. The van der Waals surface area contributed by atoms with Crippen LogP contribution in [0.15, 0.2) is 0 Å². The van der Waals surface area contributed by atoms with Crippen molar-refractivity contribution in [3.05, 3.63) is 0 Å². The second kappa shape index (κ2) is 23.0. The summed E-state index contributed by atoms with van der Waals surface area (Å²) in [5.41, 5.74) is 0. The van der Waals surface area contributed by atoms with E-state index < -0.39 is 0 Å². The average Bonchev–Trinajstić information content (AvgIpc) is 2.51. The Morgan fingerprint density at radius 1 is 0.520 bits per heavy atom. The first-order valence-electron chi connectivity index (χ1n) is 8.04. The summed E-state index contributed by atoms with van der Waals surface area (Å²) in [5.74, 6) is 0. The summed E-state index contributed by atoms with van der Waals surface area (Å²) < 4.78 is 1.74. The van der Waals surface area contributed by atoms with Crippen LogP contribution in [0.1, 0.15) is 41.5 Å². The van der Waals surface area contributed by atoms with Gasteiger partial charge in [-0.05, 0) is 41.5 Å². The van der Waals surface area contributed by atoms with E-state index in [9.17, 15) is 0 Å². The Kier molecular flexibility index (Phi) is 30.9. The van der Waals surface area contributed by atoms with Crippen molar-refractivity contribution in [1.29, 1.82) is 0 Å². The van der Waals surface area contributed by atoms with Gasteiger partial charge in [-0.25, -0.2) is 0 Å². The summed E-state index contributed by atoms with van der Waals surface area (Å²) in [6.45, 7) is 17.8. The zero-order chi connectivity index (χ0) is 19.7. The molecule has 0 aromatic carbocycles. The minimum atomic E-state index is 0. The number of thiocarbonyl (C=S) groups is 3. The molecule has 0 spiro atoms. The van der Waals surface area contributed by atoms with Crippen LogP contribution in [0.4, 0.5) is 0 Å². The molecular formula is C15H30GaN3S6. The van der Waals surface area contributed by atoms with E-state index in [1.807, 2.05) is 56.2 Å². The molecule has 144 valence electrons. The molecule has 0 saturated carbocycles. The third-order valence-electron chi connectivity index (χ3n) is 3.06. The van der Waals surface area contributed by atoms with Crippen molar-refractivity contribution in [2.45, 2.75) is 41.5 Å². The maximum Gasteiger partial charge on any atom is 3.00 e. The smallest absolute Gasteiger partial charge is 0.411 e. The van der Waals surface area contributed by atoms with Crippen LogP contribution in [0.2, 0.25) is 0 Å². The van der Waals surface area contributed by atoms with Crippen LogP contribution in [0.5, 0.6) is 0 Å². The number of nitrogens with zero attached hydrogens (tertiary/aromatic N) is 3. The van der Waals surface area contributed by atoms with Crippen LogP contribution in [0.3, 0.4) is 0 Å². The van der Waals surface area contributed by atoms with Crippen molar-refractivity contribution < 1.29 is 0 Å². The van der Waals surface area contributed by atoms with E-state index in [1.54, 1.807) is 0 Å². The van der Waals surface area contributed by atoms with Crippen molar-refractivity contribution in [2.24, 2.45) is 0 Å². The van der Waals surface area contributed by atoms with Crippen LogP contribution in [0.25, 0.3) is 0 Å². The third-order valence-corrected chi connectivity index (χ3v) is 4.61. The summed E-state index contributed by atoms with van der Waals surface area (Å²) in [6.07, 6.45) is 0. The molecule has 0 amide bonds. The van der Waals surface area contributed by atoms with Gasteiger partial charge >= 0.3 is 19.8 Å². The Labute approximate surface area is 201 Å². The maximum absolute atomic E-state index is 4.76. The summed E-state index contributed by atoms with van der Waals surface area (Å²) in [5, 5.41) is 0. The molecule has 0 unspecified atom stereocenters. The first-order valence-corrected chi connectivity index (χ1v) is 10.5. The maximum atomic E-state index is 4.76. The van der Waals surface area contributed by atoms with Gasteiger partial charge in [-0.15, -0.1) is 0 Å². The first-order chi connectivity index (χ1) is 11.2. The van der Waals surface area contributed by atoms with Gasteiger partial charge in [0.1, 0.15) is 0 Å². The Balaban J connectivity index is -0.000000130. The quantitative estimate of drug-likeness (QED) is 0.298. The van der Waals surface area contributed by atoms with Gasteiger partial charge < -0.3 is 89.2 Å². The van der Waals surface area contributed by atoms with E-state index in [-0.39, 0.29) is 19.8 Å². The van der Waals surface area contributed by atoms with Crippen molar-refractivity contribution in [2.75, 3.05) is 39.3 Å². The topological polar surface area (TPSA) is 9.72 Å². The molecule has 25 heavy (non-hydrogen) atoms. The first kappa shape index (κ1) is 33.5. The molecule has 0 aliphatic carbocycles. The summed E-state index contributed by atoms with van der Waals surface area (Å²) >= 11 is 28.5. The predicted molar refractivity (Wildman–Crippen MR) is 134 cm³/mol. The minimum absolute atomic E-state index is 0. The second-order valence-electron chi connectivity index (χ2n) is 4.31. The molecular weight excluding hydrogens is 484 g/mol. The van der Waals surface area contributed by atoms with E-state index in [2.05, 4.69) is 0 Å². The molecule has 0 aromatic rings. The molecule has 3 nitrogen and oxygen atoms in total. The molecule has 0 heterocycles. The van der Waals surface area contributed by atoms with Crippen molar-refractivity contribution in [3.8, 4) is 0 Å². The summed E-state index contributed by atoms with van der Waals surface area (Å²) in [6, 6.07) is 0. The van der Waals surface area contributed by atoms with Crippen molar-refractivity contribution in [1.82, 2.24) is 14.7 Å². The molecule has 0 aliphatic heterocycles. The molecule has 0 N–H and O–H groups in total. The average molecular weight is 515 g/mol. The molecule has 0 aromatic heterocycles. The number of rotatable bonds is 6. The second-order valence-corrected chi connectivity index (χ2v) is 7.41. The molecule has 0 atom stereocenters. The molecule has 0 aliphatic rings. The van der Waals surface area contributed by atoms with Gasteiger partial charge in [0, 0.05) is 39.3 Å². The van der Waals surface area contributed by atoms with Gasteiger partial charge in [-0.1, -0.05) is 13.0 Å². The zero-order valence-electron chi connectivity index (χ0n) is 16.1. The Hall–Kier alpha value is 0.966. The molecule has 0 rings (SSSR count). The van der Waals surface area contributed by atoms with Gasteiger partial charge in [-0.2, -0.15) is 0 Å². The van der Waals surface area contributed by atoms with E-state index in [0.717, 1.165) is 39.3 Å². The van der Waals surface area contributed by atoms with E-state index in [0.29, 0.717) is 13.0 Å². The Morgan fingerprint density at radius 2 is 0.640 bits per heavy atom. The van der Waals surface area contributed by atoms with Gasteiger partial charge in [0.15, 0.2) is 0 Å². The molecule has 10 heteroatoms. The fourth-order valence-electron chi connectivity index (χ4n) is 1.45. The SMILES string of the molecule is CCN(CC)C(=S)[S-].CCN(CC)C(=S)[S-].CCN(CC)C(=S)[S-].[Ga+3]. The molecule has 0 fully saturated rings. The number of hydrogen-bond donors (Lipinski definition) is 0. The van der Waals surface area contributed by atoms with Crippen LogP contribution in [-0.2, 0) is 37.9 Å². The summed E-state index contributed by atoms with van der Waals surface area (Å²) in [7, 11) is 0. The third kappa shape index (κ3) is 21.1. The molecule has 0 bridgehead atoms.